The van der Waals surface area contributed by atoms with Gasteiger partial charge in [0.25, 0.3) is 0 Å². The summed E-state index contributed by atoms with van der Waals surface area (Å²) in [5.74, 6) is -0.0219. The Kier molecular flexibility index (Phi) is 6.67. The Bertz CT molecular complexity index is 476. The van der Waals surface area contributed by atoms with Crippen LogP contribution in [-0.4, -0.2) is 25.3 Å². The molecule has 1 aromatic rings. The number of nitrogens with zero attached hydrogens (tertiary/aromatic N) is 1. The van der Waals surface area contributed by atoms with Crippen LogP contribution in [0.4, 0.5) is 0 Å². The zero-order valence-electron chi connectivity index (χ0n) is 10.9. The van der Waals surface area contributed by atoms with Crippen LogP contribution in [0.1, 0.15) is 25.3 Å². The first-order chi connectivity index (χ1) is 9.08. The fraction of sp³-hybridized carbons (Fsp3) is 0.385. The smallest absolute Gasteiger partial charge is 0.220 e. The number of benzene rings is 1. The highest BCUT2D eigenvalue weighted by molar-refractivity contribution is 6.42. The summed E-state index contributed by atoms with van der Waals surface area (Å²) in [5, 5.41) is 7.59. The minimum absolute atomic E-state index is 0.0219. The molecule has 1 aromatic carbocycles. The number of halogens is 2. The second-order valence-electron chi connectivity index (χ2n) is 3.80. The quantitative estimate of drug-likeness (QED) is 0.648. The van der Waals surface area contributed by atoms with Crippen molar-refractivity contribution < 1.29 is 9.63 Å². The third-order valence-electron chi connectivity index (χ3n) is 2.42. The maximum Gasteiger partial charge on any atom is 0.220 e. The molecule has 0 aromatic heterocycles. The van der Waals surface area contributed by atoms with Crippen LogP contribution < -0.4 is 5.32 Å². The first-order valence-electron chi connectivity index (χ1n) is 5.90. The average molecular weight is 303 g/mol. The summed E-state index contributed by atoms with van der Waals surface area (Å²) in [6.07, 6.45) is 0.813. The maximum atomic E-state index is 11.5. The SMILES string of the molecule is CCNC(=O)CC/C(=N/OC)c1ccc(Cl)c(Cl)c1. The van der Waals surface area contributed by atoms with Crippen molar-refractivity contribution in [2.75, 3.05) is 13.7 Å². The van der Waals surface area contributed by atoms with Crippen LogP contribution in [0, 0.1) is 0 Å². The van der Waals surface area contributed by atoms with Gasteiger partial charge in [0.1, 0.15) is 7.11 Å². The lowest BCUT2D eigenvalue weighted by molar-refractivity contribution is -0.120. The first kappa shape index (κ1) is 15.8. The van der Waals surface area contributed by atoms with Crippen molar-refractivity contribution in [1.29, 1.82) is 0 Å². The molecule has 0 aliphatic carbocycles. The van der Waals surface area contributed by atoms with Crippen LogP contribution in [-0.2, 0) is 9.63 Å². The van der Waals surface area contributed by atoms with Crippen molar-refractivity contribution in [3.63, 3.8) is 0 Å². The third kappa shape index (κ3) is 5.09. The van der Waals surface area contributed by atoms with E-state index < -0.39 is 0 Å². The molecule has 0 bridgehead atoms. The van der Waals surface area contributed by atoms with Crippen LogP contribution in [0.3, 0.4) is 0 Å². The lowest BCUT2D eigenvalue weighted by Crippen LogP contribution is -2.23. The van der Waals surface area contributed by atoms with Crippen molar-refractivity contribution >= 4 is 34.8 Å². The topological polar surface area (TPSA) is 50.7 Å². The maximum absolute atomic E-state index is 11.5. The average Bonchev–Trinajstić information content (AvgIpc) is 2.38. The van der Waals surface area contributed by atoms with E-state index in [0.717, 1.165) is 5.56 Å². The van der Waals surface area contributed by atoms with Crippen LogP contribution in [0.25, 0.3) is 0 Å². The normalized spacial score (nSPS) is 11.3. The van der Waals surface area contributed by atoms with Gasteiger partial charge in [0.15, 0.2) is 0 Å². The summed E-state index contributed by atoms with van der Waals surface area (Å²) < 4.78 is 0. The largest absolute Gasteiger partial charge is 0.399 e. The molecule has 0 fully saturated rings. The molecule has 104 valence electrons. The fourth-order valence-corrected chi connectivity index (χ4v) is 1.84. The standard InChI is InChI=1S/C13H16Cl2N2O2/c1-3-16-13(18)7-6-12(17-19-2)9-4-5-10(14)11(15)8-9/h4-5,8H,3,6-7H2,1-2H3,(H,16,18)/b17-12-. The second kappa shape index (κ2) is 8.02. The molecule has 0 saturated carbocycles. The molecular formula is C13H16Cl2N2O2. The molecule has 19 heavy (non-hydrogen) atoms. The molecule has 0 unspecified atom stereocenters. The van der Waals surface area contributed by atoms with E-state index >= 15 is 0 Å². The van der Waals surface area contributed by atoms with Crippen LogP contribution in [0.5, 0.6) is 0 Å². The van der Waals surface area contributed by atoms with E-state index in [1.807, 2.05) is 6.92 Å². The van der Waals surface area contributed by atoms with Gasteiger partial charge in [-0.15, -0.1) is 0 Å². The predicted molar refractivity (Wildman–Crippen MR) is 77.9 cm³/mol. The van der Waals surface area contributed by atoms with Crippen LogP contribution in [0.2, 0.25) is 10.0 Å². The molecule has 0 saturated heterocycles. The van der Waals surface area contributed by atoms with Gasteiger partial charge in [-0.3, -0.25) is 4.79 Å². The van der Waals surface area contributed by atoms with Gasteiger partial charge in [0, 0.05) is 24.9 Å². The second-order valence-corrected chi connectivity index (χ2v) is 4.62. The van der Waals surface area contributed by atoms with Gasteiger partial charge >= 0.3 is 0 Å². The van der Waals surface area contributed by atoms with Crippen molar-refractivity contribution in [3.05, 3.63) is 33.8 Å². The number of hydrogen-bond acceptors (Lipinski definition) is 3. The zero-order chi connectivity index (χ0) is 14.3. The molecule has 0 spiro atoms. The minimum atomic E-state index is -0.0219. The summed E-state index contributed by atoms with van der Waals surface area (Å²) in [7, 11) is 1.46. The Balaban J connectivity index is 2.80. The van der Waals surface area contributed by atoms with Gasteiger partial charge in [-0.25, -0.2) is 0 Å². The third-order valence-corrected chi connectivity index (χ3v) is 3.16. The lowest BCUT2D eigenvalue weighted by Gasteiger charge is -2.07. The van der Waals surface area contributed by atoms with E-state index in [0.29, 0.717) is 35.1 Å². The summed E-state index contributed by atoms with van der Waals surface area (Å²) in [6, 6.07) is 5.19. The molecule has 6 heteroatoms. The molecule has 0 atom stereocenters. The van der Waals surface area contributed by atoms with Gasteiger partial charge in [-0.05, 0) is 19.1 Å². The zero-order valence-corrected chi connectivity index (χ0v) is 12.4. The van der Waals surface area contributed by atoms with E-state index in [2.05, 4.69) is 10.5 Å². The number of carbonyl (C=O) groups excluding carboxylic acids is 1. The summed E-state index contributed by atoms with van der Waals surface area (Å²) in [6.45, 7) is 2.49. The van der Waals surface area contributed by atoms with E-state index in [1.54, 1.807) is 18.2 Å². The molecule has 1 N–H and O–H groups in total. The highest BCUT2D eigenvalue weighted by Gasteiger charge is 2.10. The fourth-order valence-electron chi connectivity index (χ4n) is 1.55. The number of oxime groups is 1. The van der Waals surface area contributed by atoms with Crippen molar-refractivity contribution in [2.24, 2.45) is 5.16 Å². The number of nitrogens with one attached hydrogen (secondary N) is 1. The molecule has 4 nitrogen and oxygen atoms in total. The van der Waals surface area contributed by atoms with Gasteiger partial charge in [0.2, 0.25) is 5.91 Å². The number of rotatable bonds is 6. The molecule has 1 rings (SSSR count). The van der Waals surface area contributed by atoms with Crippen molar-refractivity contribution in [3.8, 4) is 0 Å². The molecule has 0 aliphatic rings. The molecule has 0 aliphatic heterocycles. The lowest BCUT2D eigenvalue weighted by atomic mass is 10.1. The molecular weight excluding hydrogens is 287 g/mol. The number of carbonyl (C=O) groups is 1. The highest BCUT2D eigenvalue weighted by atomic mass is 35.5. The molecule has 0 radical (unpaired) electrons. The van der Waals surface area contributed by atoms with Gasteiger partial charge < -0.3 is 10.2 Å². The Morgan fingerprint density at radius 1 is 1.32 bits per heavy atom. The summed E-state index contributed by atoms with van der Waals surface area (Å²) in [5.41, 5.74) is 1.45. The number of hydrogen-bond donors (Lipinski definition) is 1. The van der Waals surface area contributed by atoms with Crippen molar-refractivity contribution in [2.45, 2.75) is 19.8 Å². The van der Waals surface area contributed by atoms with Crippen LogP contribution >= 0.6 is 23.2 Å². The molecule has 1 amide bonds. The Hall–Kier alpha value is -1.26. The summed E-state index contributed by atoms with van der Waals surface area (Å²) in [4.78, 5) is 16.3. The number of amides is 1. The first-order valence-corrected chi connectivity index (χ1v) is 6.66. The predicted octanol–water partition coefficient (Wildman–Crippen LogP) is 3.26. The van der Waals surface area contributed by atoms with E-state index in [1.165, 1.54) is 7.11 Å². The van der Waals surface area contributed by atoms with Gasteiger partial charge in [-0.1, -0.05) is 34.4 Å². The Morgan fingerprint density at radius 2 is 2.05 bits per heavy atom. The summed E-state index contributed by atoms with van der Waals surface area (Å²) >= 11 is 11.8. The van der Waals surface area contributed by atoms with Gasteiger partial charge in [-0.2, -0.15) is 0 Å². The Labute approximate surface area is 122 Å². The van der Waals surface area contributed by atoms with Crippen LogP contribution in [0.15, 0.2) is 23.4 Å². The minimum Gasteiger partial charge on any atom is -0.399 e. The van der Waals surface area contributed by atoms with E-state index in [-0.39, 0.29) is 5.91 Å². The monoisotopic (exact) mass is 302 g/mol. The highest BCUT2D eigenvalue weighted by Crippen LogP contribution is 2.23. The van der Waals surface area contributed by atoms with E-state index in [4.69, 9.17) is 28.0 Å². The molecule has 0 heterocycles. The Morgan fingerprint density at radius 3 is 2.63 bits per heavy atom. The van der Waals surface area contributed by atoms with Crippen molar-refractivity contribution in [1.82, 2.24) is 5.32 Å². The van der Waals surface area contributed by atoms with Gasteiger partial charge in [0.05, 0.1) is 15.8 Å². The van der Waals surface area contributed by atoms with E-state index in [9.17, 15) is 4.79 Å².